The van der Waals surface area contributed by atoms with E-state index in [1.54, 1.807) is 39.0 Å². The first-order chi connectivity index (χ1) is 57.6. The number of halogens is 4. The smallest absolute Gasteiger partial charge is 0.387 e. The van der Waals surface area contributed by atoms with Crippen LogP contribution in [-0.2, 0) is 78.8 Å². The van der Waals surface area contributed by atoms with Crippen LogP contribution in [0.25, 0.3) is 18.2 Å². The van der Waals surface area contributed by atoms with E-state index in [-0.39, 0.29) is 87.7 Å². The number of esters is 5. The predicted molar refractivity (Wildman–Crippen MR) is 466 cm³/mol. The molecule has 15 rings (SSSR count). The molecule has 660 valence electrons. The molecule has 6 atom stereocenters. The average molecular weight is 1740 g/mol. The molecular weight excluding hydrogens is 1630 g/mol. The quantitative estimate of drug-likeness (QED) is 0.00535. The van der Waals surface area contributed by atoms with Crippen molar-refractivity contribution < 1.29 is 100 Å². The number of rotatable bonds is 27. The van der Waals surface area contributed by atoms with Gasteiger partial charge in [-0.15, -0.1) is 0 Å². The molecule has 6 unspecified atom stereocenters. The van der Waals surface area contributed by atoms with E-state index in [0.717, 1.165) is 91.4 Å². The molecule has 0 spiro atoms. The summed E-state index contributed by atoms with van der Waals surface area (Å²) in [4.78, 5) is 60.8. The number of hydrogen-bond acceptors (Lipinski definition) is 18. The summed E-state index contributed by atoms with van der Waals surface area (Å²) in [7, 11) is -12.5. The zero-order chi connectivity index (χ0) is 89.4. The van der Waals surface area contributed by atoms with E-state index in [2.05, 4.69) is 155 Å². The lowest BCUT2D eigenvalue weighted by Gasteiger charge is -2.61. The van der Waals surface area contributed by atoms with Crippen molar-refractivity contribution in [1.29, 1.82) is 0 Å². The van der Waals surface area contributed by atoms with Crippen molar-refractivity contribution in [3.8, 4) is 17.2 Å². The second-order valence-electron chi connectivity index (χ2n) is 33.3. The molecule has 25 heteroatoms. The average Bonchev–Trinajstić information content (AvgIpc) is 1.21. The van der Waals surface area contributed by atoms with Crippen LogP contribution in [0.15, 0.2) is 235 Å². The van der Waals surface area contributed by atoms with Crippen LogP contribution >= 0.6 is 0 Å². The Balaban J connectivity index is 0.000000178. The number of alkyl halides is 4. The maximum atomic E-state index is 13.4. The van der Waals surface area contributed by atoms with Crippen molar-refractivity contribution in [3.05, 3.63) is 237 Å². The van der Waals surface area contributed by atoms with Gasteiger partial charge in [0.1, 0.15) is 47.1 Å². The highest BCUT2D eigenvalue weighted by Gasteiger charge is 2.64. The molecule has 0 N–H and O–H groups in total. The van der Waals surface area contributed by atoms with Gasteiger partial charge in [-0.3, -0.25) is 9.59 Å². The monoisotopic (exact) mass is 1740 g/mol. The van der Waals surface area contributed by atoms with Gasteiger partial charge in [-0.25, -0.2) is 22.8 Å². The van der Waals surface area contributed by atoms with Crippen LogP contribution in [-0.4, -0.2) is 98.1 Å². The zero-order valence-corrected chi connectivity index (χ0v) is 73.7. The first kappa shape index (κ1) is 98.0. The van der Waals surface area contributed by atoms with Crippen LogP contribution < -0.4 is 13.7 Å². The van der Waals surface area contributed by atoms with Crippen LogP contribution in [0.1, 0.15) is 200 Å². The summed E-state index contributed by atoms with van der Waals surface area (Å²) < 4.78 is 148. The van der Waals surface area contributed by atoms with Gasteiger partial charge < -0.3 is 41.9 Å². The first-order valence-corrected chi connectivity index (χ1v) is 45.7. The summed E-state index contributed by atoms with van der Waals surface area (Å²) >= 11 is 0. The van der Waals surface area contributed by atoms with Crippen molar-refractivity contribution in [2.75, 3.05) is 6.61 Å². The Labute approximate surface area is 721 Å². The van der Waals surface area contributed by atoms with Crippen molar-refractivity contribution >= 4 is 79.2 Å². The third kappa shape index (κ3) is 27.5. The van der Waals surface area contributed by atoms with Crippen LogP contribution in [0, 0.1) is 46.8 Å². The lowest BCUT2D eigenvalue weighted by Crippen LogP contribution is -2.57. The van der Waals surface area contributed by atoms with E-state index in [4.69, 9.17) is 33.2 Å². The van der Waals surface area contributed by atoms with Gasteiger partial charge in [0, 0.05) is 40.9 Å². The van der Waals surface area contributed by atoms with E-state index in [9.17, 15) is 62.9 Å². The maximum absolute atomic E-state index is 13.4. The second kappa shape index (κ2) is 44.3. The highest BCUT2D eigenvalue weighted by atomic mass is 32.2. The molecule has 1 saturated heterocycles. The van der Waals surface area contributed by atoms with Gasteiger partial charge in [0.15, 0.2) is 31.1 Å². The molecule has 0 aromatic heterocycles. The number of benzene rings is 6. The van der Waals surface area contributed by atoms with Crippen molar-refractivity contribution in [1.82, 2.24) is 0 Å². The lowest BCUT2D eigenvalue weighted by molar-refractivity contribution is -0.195. The van der Waals surface area contributed by atoms with E-state index in [1.165, 1.54) is 130 Å². The molecule has 6 aromatic rings. The van der Waals surface area contributed by atoms with Crippen LogP contribution in [0.4, 0.5) is 17.6 Å². The molecule has 8 aliphatic carbocycles. The molecule has 0 amide bonds. The number of carbonyl (C=O) groups is 5. The fraction of sp³-hybridized carbons (Fsp3) is 0.454. The van der Waals surface area contributed by atoms with Crippen LogP contribution in [0.3, 0.4) is 0 Å². The molecule has 6 bridgehead atoms. The Kier molecular flexibility index (Phi) is 35.6. The van der Waals surface area contributed by atoms with E-state index >= 15 is 0 Å². The highest BCUT2D eigenvalue weighted by molar-refractivity contribution is 7.97. The van der Waals surface area contributed by atoms with E-state index in [0.29, 0.717) is 34.0 Å². The topological polar surface area (TPSA) is 251 Å². The Bertz CT molecular complexity index is 4630. The number of fused-ring (bicyclic) bond motifs is 1. The van der Waals surface area contributed by atoms with Crippen molar-refractivity contribution in [3.63, 3.8) is 0 Å². The minimum Gasteiger partial charge on any atom is -0.743 e. The van der Waals surface area contributed by atoms with Crippen molar-refractivity contribution in [2.45, 2.75) is 239 Å². The van der Waals surface area contributed by atoms with Gasteiger partial charge in [-0.05, 0) is 245 Å². The molecule has 9 aliphatic rings. The largest absolute Gasteiger partial charge is 0.743 e. The summed E-state index contributed by atoms with van der Waals surface area (Å²) in [6, 6.07) is 51.6. The minimum atomic E-state index is -6.47. The summed E-state index contributed by atoms with van der Waals surface area (Å²) in [5.41, 5.74) is 3.71. The van der Waals surface area contributed by atoms with Crippen LogP contribution in [0.2, 0.25) is 0 Å². The normalized spacial score (nSPS) is 22.1. The number of ether oxygens (including phenoxy) is 7. The zero-order valence-electron chi connectivity index (χ0n) is 71.3. The Morgan fingerprint density at radius 2 is 1.03 bits per heavy atom. The Hall–Kier alpha value is -9.40. The fourth-order valence-corrected chi connectivity index (χ4v) is 20.8. The molecule has 1 heterocycles. The molecule has 8 saturated carbocycles. The summed E-state index contributed by atoms with van der Waals surface area (Å²) in [5.74, 6) is 3.71. The molecular formula is C97H118F4O18S3. The molecule has 1 aliphatic heterocycles. The van der Waals surface area contributed by atoms with Gasteiger partial charge >= 0.3 is 50.5 Å². The molecule has 6 aromatic carbocycles. The van der Waals surface area contributed by atoms with Gasteiger partial charge in [0.2, 0.25) is 0 Å². The van der Waals surface area contributed by atoms with Gasteiger partial charge in [-0.2, -0.15) is 26.0 Å². The minimum absolute atomic E-state index is 0.0146. The molecule has 122 heavy (non-hydrogen) atoms. The standard InChI is InChI=1S/C18H26O2.C18H15S.C17H26O2.C12H14O4.C11H10F4O6S2.C11H18O2.C10H10O2/c1-3-16-9-11-18(12-10-16)20-15(2)19-14-13-17-7-5-4-6-8-17;1-4-10-16(11-5-1)19(17-12-6-2-7-13-17)18-14-8-3-9-15-18;1-11(2)15(18)19-16(3,4)17-8-12-5-13(9-17)7-14(6-12)10-17;1-5(2)11(13)15-9-6-3-7-8(4-6)12(14)16-10(7)9;1-2-8-3-5-9(6-4-8)21-23(19,20)11(14,15)7-10(12,13)22(16,17)18;1-4-11(7-5-6-8-11)13-10(12)9(2)3;1-3-9-4-6-10(7-5-9)12-8(2)11/h3,9-12,15,17H,1,4-8,13-14H2,2H3;1-15H;12-14H,1,5-10H2,2-4H3;6-10H,1,3-4H2,2H3;2-6H,1,7H2,(H,16,17,18);2,4-8H2,1,3H3;3-7H,1H2,2H3/q;+1;;;;;/p-1. The maximum Gasteiger partial charge on any atom is 0.387 e. The third-order valence-corrected chi connectivity index (χ3v) is 28.0. The lowest BCUT2D eigenvalue weighted by atomic mass is 9.46. The molecule has 18 nitrogen and oxygen atoms in total. The molecule has 9 fully saturated rings. The molecule has 0 radical (unpaired) electrons. The third-order valence-electron chi connectivity index (χ3n) is 23.6. The van der Waals surface area contributed by atoms with E-state index < -0.39 is 42.9 Å². The Morgan fingerprint density at radius 3 is 1.45 bits per heavy atom. The summed E-state index contributed by atoms with van der Waals surface area (Å²) in [5, 5.41) is -10.8. The van der Waals surface area contributed by atoms with Gasteiger partial charge in [0.05, 0.1) is 23.4 Å². The second-order valence-corrected chi connectivity index (χ2v) is 38.5. The van der Waals surface area contributed by atoms with Gasteiger partial charge in [0.25, 0.3) is 0 Å². The SMILES string of the molecule is C=C(C)C(=O)OC(C)(C)C12CC3CC(CC(C3)C1)C2.C=C(C)C(=O)OC1(CC)CCCC1.C=C(C)C(=O)OC1C2CC3C(=O)OC1C3C2.C=Cc1ccc(OC(C)=O)cc1.C=Cc1ccc(OC(C)OCCC2CCCCC2)cc1.C=Cc1ccc(OS(=O)(=O)C(F)(F)CC(F)(F)S(=O)(=O)[O-])cc1.c1ccc([S+](c2ccccc2)c2ccccc2)cc1. The fourth-order valence-electron chi connectivity index (χ4n) is 17.4. The highest BCUT2D eigenvalue weighted by Crippen LogP contribution is 2.64. The summed E-state index contributed by atoms with van der Waals surface area (Å²) in [6.07, 6.45) is 24.5. The van der Waals surface area contributed by atoms with Crippen molar-refractivity contribution in [2.24, 2.45) is 46.8 Å². The number of hydrogen-bond donors (Lipinski definition) is 0. The first-order valence-electron chi connectivity index (χ1n) is 41.7. The predicted octanol–water partition coefficient (Wildman–Crippen LogP) is 22.2. The van der Waals surface area contributed by atoms with Gasteiger partial charge in [-0.1, -0.05) is 188 Å². The summed E-state index contributed by atoms with van der Waals surface area (Å²) in [6.45, 7) is 37.1. The Morgan fingerprint density at radius 1 is 0.590 bits per heavy atom. The van der Waals surface area contributed by atoms with E-state index in [1.807, 2.05) is 49.4 Å². The number of carbonyl (C=O) groups excluding carboxylic acids is 5. The van der Waals surface area contributed by atoms with Crippen LogP contribution in [0.5, 0.6) is 17.2 Å².